The summed E-state index contributed by atoms with van der Waals surface area (Å²) < 4.78 is 40.0. The van der Waals surface area contributed by atoms with Crippen molar-refractivity contribution in [2.45, 2.75) is 12.2 Å². The Kier molecular flexibility index (Phi) is 6.08. The Balaban J connectivity index is 1.92. The summed E-state index contributed by atoms with van der Waals surface area (Å²) >= 11 is 5.95. The maximum atomic E-state index is 13.3. The maximum absolute atomic E-state index is 13.3. The number of aliphatic hydroxyl groups is 1. The Bertz CT molecular complexity index is 1370. The summed E-state index contributed by atoms with van der Waals surface area (Å²) in [4.78, 5) is 37.2. The van der Waals surface area contributed by atoms with Crippen molar-refractivity contribution in [3.8, 4) is 0 Å². The maximum Gasteiger partial charge on any atom is 0.416 e. The highest BCUT2D eigenvalue weighted by molar-refractivity contribution is 6.51. The SMILES string of the molecule is O=C1C(=O)N(c2cccc(C(F)(F)F)c2)C(c2ccc(Cl)cc2)/C1=C(\O)c1ccc([N+](=O)[O-])cc1. The molecular weight excluding hydrogens is 489 g/mol. The number of anilines is 1. The molecule has 1 fully saturated rings. The number of nitro groups is 1. The van der Waals surface area contributed by atoms with Gasteiger partial charge in [0.15, 0.2) is 0 Å². The fourth-order valence-electron chi connectivity index (χ4n) is 3.79. The van der Waals surface area contributed by atoms with Gasteiger partial charge in [-0.15, -0.1) is 0 Å². The molecule has 1 aliphatic heterocycles. The number of hydrogen-bond donors (Lipinski definition) is 1. The molecular formula is C24H14ClF3N2O5. The second-order valence-electron chi connectivity index (χ2n) is 7.57. The molecule has 3 aromatic carbocycles. The number of nitrogens with zero attached hydrogens (tertiary/aromatic N) is 2. The number of nitro benzene ring substituents is 1. The molecule has 0 saturated carbocycles. The van der Waals surface area contributed by atoms with Crippen molar-refractivity contribution < 1.29 is 32.8 Å². The third-order valence-corrected chi connectivity index (χ3v) is 5.69. The zero-order chi connectivity index (χ0) is 25.5. The van der Waals surface area contributed by atoms with Gasteiger partial charge in [-0.25, -0.2) is 0 Å². The van der Waals surface area contributed by atoms with Gasteiger partial charge in [0.05, 0.1) is 22.1 Å². The molecule has 7 nitrogen and oxygen atoms in total. The largest absolute Gasteiger partial charge is 0.507 e. The zero-order valence-electron chi connectivity index (χ0n) is 17.5. The fraction of sp³-hybridized carbons (Fsp3) is 0.0833. The molecule has 35 heavy (non-hydrogen) atoms. The van der Waals surface area contributed by atoms with E-state index < -0.39 is 40.2 Å². The number of alkyl halides is 3. The van der Waals surface area contributed by atoms with E-state index in [1.54, 1.807) is 0 Å². The molecule has 178 valence electrons. The number of benzene rings is 3. The average molecular weight is 503 g/mol. The number of hydrogen-bond acceptors (Lipinski definition) is 5. The van der Waals surface area contributed by atoms with E-state index in [4.69, 9.17) is 11.6 Å². The van der Waals surface area contributed by atoms with Gasteiger partial charge in [-0.05, 0) is 48.0 Å². The summed E-state index contributed by atoms with van der Waals surface area (Å²) in [5.41, 5.74) is -1.57. The van der Waals surface area contributed by atoms with Crippen molar-refractivity contribution in [1.29, 1.82) is 0 Å². The normalized spacial score (nSPS) is 17.6. The number of Topliss-reactive ketones (excluding diaryl/α,β-unsaturated/α-hetero) is 1. The van der Waals surface area contributed by atoms with E-state index in [9.17, 15) is 38.0 Å². The smallest absolute Gasteiger partial charge is 0.416 e. The topological polar surface area (TPSA) is 101 Å². The molecule has 1 heterocycles. The summed E-state index contributed by atoms with van der Waals surface area (Å²) in [6.07, 6.45) is -4.70. The van der Waals surface area contributed by atoms with E-state index in [1.807, 2.05) is 0 Å². The molecule has 0 radical (unpaired) electrons. The summed E-state index contributed by atoms with van der Waals surface area (Å²) in [5, 5.41) is 22.2. The number of carbonyl (C=O) groups is 2. The van der Waals surface area contributed by atoms with Crippen LogP contribution in [0.5, 0.6) is 0 Å². The molecule has 0 aliphatic carbocycles. The molecule has 11 heteroatoms. The molecule has 1 atom stereocenters. The highest BCUT2D eigenvalue weighted by atomic mass is 35.5. The van der Waals surface area contributed by atoms with Gasteiger partial charge in [0.1, 0.15) is 5.76 Å². The number of aliphatic hydroxyl groups excluding tert-OH is 1. The lowest BCUT2D eigenvalue weighted by atomic mass is 9.95. The molecule has 0 spiro atoms. The molecule has 4 rings (SSSR count). The Morgan fingerprint density at radius 1 is 1.00 bits per heavy atom. The van der Waals surface area contributed by atoms with Crippen LogP contribution in [0, 0.1) is 10.1 Å². The number of non-ortho nitro benzene ring substituents is 1. The van der Waals surface area contributed by atoms with Crippen molar-refractivity contribution >= 4 is 40.4 Å². The summed E-state index contributed by atoms with van der Waals surface area (Å²) in [6, 6.07) is 13.1. The first-order valence-corrected chi connectivity index (χ1v) is 10.4. The molecule has 1 amide bonds. The van der Waals surface area contributed by atoms with E-state index in [2.05, 4.69) is 0 Å². The molecule has 0 aromatic heterocycles. The van der Waals surface area contributed by atoms with Crippen LogP contribution in [-0.4, -0.2) is 21.7 Å². The van der Waals surface area contributed by atoms with Gasteiger partial charge in [-0.1, -0.05) is 29.8 Å². The van der Waals surface area contributed by atoms with Crippen molar-refractivity contribution in [2.24, 2.45) is 0 Å². The Hall–Kier alpha value is -4.18. The third-order valence-electron chi connectivity index (χ3n) is 5.43. The van der Waals surface area contributed by atoms with Gasteiger partial charge in [0.2, 0.25) is 0 Å². The lowest BCUT2D eigenvalue weighted by molar-refractivity contribution is -0.384. The first-order valence-electron chi connectivity index (χ1n) is 9.97. The second-order valence-corrected chi connectivity index (χ2v) is 8.01. The van der Waals surface area contributed by atoms with Crippen molar-refractivity contribution in [3.05, 3.63) is 110 Å². The Labute approximate surface area is 200 Å². The fourth-order valence-corrected chi connectivity index (χ4v) is 3.91. The van der Waals surface area contributed by atoms with Gasteiger partial charge in [0.25, 0.3) is 17.4 Å². The van der Waals surface area contributed by atoms with E-state index >= 15 is 0 Å². The lowest BCUT2D eigenvalue weighted by Gasteiger charge is -2.26. The molecule has 1 unspecified atom stereocenters. The lowest BCUT2D eigenvalue weighted by Crippen LogP contribution is -2.29. The predicted molar refractivity (Wildman–Crippen MR) is 121 cm³/mol. The third kappa shape index (κ3) is 4.47. The summed E-state index contributed by atoms with van der Waals surface area (Å²) in [5.74, 6) is -2.90. The number of halogens is 4. The van der Waals surface area contributed by atoms with Crippen molar-refractivity contribution in [2.75, 3.05) is 4.90 Å². The van der Waals surface area contributed by atoms with Crippen LogP contribution in [0.15, 0.2) is 78.4 Å². The van der Waals surface area contributed by atoms with E-state index in [0.29, 0.717) is 10.6 Å². The van der Waals surface area contributed by atoms with Gasteiger partial charge in [0, 0.05) is 28.4 Å². The minimum Gasteiger partial charge on any atom is -0.507 e. The first-order chi connectivity index (χ1) is 16.5. The standard InChI is InChI=1S/C24H14ClF3N2O5/c25-16-8-4-13(5-9-16)20-19(21(31)14-6-10-17(11-7-14)30(34)35)22(32)23(33)29(20)18-3-1-2-15(12-18)24(26,27)28/h1-12,20,31H/b21-19+. The van der Waals surface area contributed by atoms with Gasteiger partial charge in [-0.3, -0.25) is 24.6 Å². The van der Waals surface area contributed by atoms with E-state index in [0.717, 1.165) is 35.2 Å². The number of rotatable bonds is 4. The molecule has 3 aromatic rings. The van der Waals surface area contributed by atoms with Crippen LogP contribution in [0.3, 0.4) is 0 Å². The Morgan fingerprint density at radius 3 is 2.20 bits per heavy atom. The van der Waals surface area contributed by atoms with Crippen LogP contribution in [0.1, 0.15) is 22.7 Å². The van der Waals surface area contributed by atoms with Gasteiger partial charge in [-0.2, -0.15) is 13.2 Å². The highest BCUT2D eigenvalue weighted by Crippen LogP contribution is 2.43. The van der Waals surface area contributed by atoms with E-state index in [1.165, 1.54) is 42.5 Å². The monoisotopic (exact) mass is 502 g/mol. The molecule has 1 saturated heterocycles. The van der Waals surface area contributed by atoms with Gasteiger partial charge < -0.3 is 5.11 Å². The first kappa shape index (κ1) is 24.0. The van der Waals surface area contributed by atoms with Crippen LogP contribution in [0.4, 0.5) is 24.5 Å². The zero-order valence-corrected chi connectivity index (χ0v) is 18.2. The molecule has 1 aliphatic rings. The Morgan fingerprint density at radius 2 is 1.63 bits per heavy atom. The predicted octanol–water partition coefficient (Wildman–Crippen LogP) is 5.89. The van der Waals surface area contributed by atoms with Gasteiger partial charge >= 0.3 is 6.18 Å². The minimum absolute atomic E-state index is 0.0107. The van der Waals surface area contributed by atoms with Crippen LogP contribution in [0.25, 0.3) is 5.76 Å². The van der Waals surface area contributed by atoms with Crippen LogP contribution < -0.4 is 4.90 Å². The van der Waals surface area contributed by atoms with Crippen molar-refractivity contribution in [3.63, 3.8) is 0 Å². The minimum atomic E-state index is -4.70. The average Bonchev–Trinajstić information content (AvgIpc) is 3.09. The summed E-state index contributed by atoms with van der Waals surface area (Å²) in [7, 11) is 0. The quantitative estimate of drug-likeness (QED) is 0.157. The van der Waals surface area contributed by atoms with Crippen molar-refractivity contribution in [1.82, 2.24) is 0 Å². The molecule has 1 N–H and O–H groups in total. The van der Waals surface area contributed by atoms with Crippen LogP contribution >= 0.6 is 11.6 Å². The summed E-state index contributed by atoms with van der Waals surface area (Å²) in [6.45, 7) is 0. The van der Waals surface area contributed by atoms with Crippen LogP contribution in [-0.2, 0) is 15.8 Å². The highest BCUT2D eigenvalue weighted by Gasteiger charge is 2.47. The number of amides is 1. The molecule has 0 bridgehead atoms. The number of carbonyl (C=O) groups excluding carboxylic acids is 2. The van der Waals surface area contributed by atoms with Crippen LogP contribution in [0.2, 0.25) is 5.02 Å². The number of ketones is 1. The second kappa shape index (κ2) is 8.88. The van der Waals surface area contributed by atoms with E-state index in [-0.39, 0.29) is 22.5 Å².